The van der Waals surface area contributed by atoms with Gasteiger partial charge in [0.25, 0.3) is 5.69 Å². The van der Waals surface area contributed by atoms with Crippen molar-refractivity contribution in [2.45, 2.75) is 19.0 Å². The number of non-ortho nitro benzene ring substituents is 1. The van der Waals surface area contributed by atoms with Gasteiger partial charge in [0.2, 0.25) is 11.8 Å². The van der Waals surface area contributed by atoms with Gasteiger partial charge in [0.15, 0.2) is 5.78 Å². The zero-order valence-corrected chi connectivity index (χ0v) is 19.3. The maximum absolute atomic E-state index is 13.9. The van der Waals surface area contributed by atoms with Crippen molar-refractivity contribution in [1.29, 1.82) is 0 Å². The van der Waals surface area contributed by atoms with Gasteiger partial charge in [0.05, 0.1) is 28.5 Å². The number of nitro groups is 1. The summed E-state index contributed by atoms with van der Waals surface area (Å²) in [6, 6.07) is 19.2. The summed E-state index contributed by atoms with van der Waals surface area (Å²) in [5, 5.41) is 11.2. The lowest BCUT2D eigenvalue weighted by Gasteiger charge is -2.35. The second kappa shape index (κ2) is 7.98. The fourth-order valence-electron chi connectivity index (χ4n) is 5.87. The van der Waals surface area contributed by atoms with Gasteiger partial charge in [0.1, 0.15) is 6.04 Å². The average Bonchev–Trinajstić information content (AvgIpc) is 3.36. The molecule has 0 aromatic heterocycles. The van der Waals surface area contributed by atoms with Crippen molar-refractivity contribution >= 4 is 35.0 Å². The van der Waals surface area contributed by atoms with Gasteiger partial charge in [0, 0.05) is 23.9 Å². The average molecular weight is 479 g/mol. The molecular formula is C28H21N3O5. The highest BCUT2D eigenvalue weighted by Gasteiger charge is 2.64. The van der Waals surface area contributed by atoms with E-state index in [1.54, 1.807) is 31.2 Å². The Morgan fingerprint density at radius 2 is 1.61 bits per heavy atom. The number of fused-ring (bicyclic) bond motifs is 5. The van der Waals surface area contributed by atoms with E-state index in [0.717, 1.165) is 16.0 Å². The molecule has 0 unspecified atom stereocenters. The van der Waals surface area contributed by atoms with E-state index in [4.69, 9.17) is 0 Å². The monoisotopic (exact) mass is 479 g/mol. The minimum Gasteiger partial charge on any atom is -0.358 e. The van der Waals surface area contributed by atoms with Gasteiger partial charge in [-0.15, -0.1) is 0 Å². The van der Waals surface area contributed by atoms with Gasteiger partial charge in [-0.3, -0.25) is 24.5 Å². The minimum absolute atomic E-state index is 0.120. The number of anilines is 1. The number of imide groups is 1. The number of amides is 2. The van der Waals surface area contributed by atoms with Crippen molar-refractivity contribution in [3.8, 4) is 0 Å². The van der Waals surface area contributed by atoms with Crippen molar-refractivity contribution in [3.05, 3.63) is 111 Å². The van der Waals surface area contributed by atoms with Crippen molar-refractivity contribution in [3.63, 3.8) is 0 Å². The Balaban J connectivity index is 1.49. The zero-order chi connectivity index (χ0) is 25.1. The third-order valence-electron chi connectivity index (χ3n) is 7.42. The number of carbonyl (C=O) groups is 3. The molecule has 0 spiro atoms. The molecule has 3 aliphatic heterocycles. The molecule has 8 heteroatoms. The minimum atomic E-state index is -0.888. The molecule has 6 rings (SSSR count). The molecule has 4 atom stereocenters. The normalized spacial score (nSPS) is 23.9. The number of carbonyl (C=O) groups excluding carboxylic acids is 3. The van der Waals surface area contributed by atoms with Crippen LogP contribution < -0.4 is 4.90 Å². The molecule has 2 saturated heterocycles. The number of hydrogen-bond acceptors (Lipinski definition) is 6. The van der Waals surface area contributed by atoms with Crippen LogP contribution in [-0.4, -0.2) is 33.5 Å². The maximum Gasteiger partial charge on any atom is 0.269 e. The summed E-state index contributed by atoms with van der Waals surface area (Å²) in [5.74, 6) is -2.74. The van der Waals surface area contributed by atoms with Crippen LogP contribution >= 0.6 is 0 Å². The Morgan fingerprint density at radius 3 is 2.33 bits per heavy atom. The quantitative estimate of drug-likeness (QED) is 0.239. The van der Waals surface area contributed by atoms with Crippen LogP contribution in [0.5, 0.6) is 0 Å². The van der Waals surface area contributed by atoms with E-state index < -0.39 is 40.7 Å². The summed E-state index contributed by atoms with van der Waals surface area (Å²) in [4.78, 5) is 55.4. The molecule has 0 saturated carbocycles. The van der Waals surface area contributed by atoms with Gasteiger partial charge in [-0.2, -0.15) is 0 Å². The smallest absolute Gasteiger partial charge is 0.269 e. The van der Waals surface area contributed by atoms with Crippen LogP contribution in [0.2, 0.25) is 0 Å². The second-order valence-electron chi connectivity index (χ2n) is 9.30. The van der Waals surface area contributed by atoms with Crippen molar-refractivity contribution in [1.82, 2.24) is 4.90 Å². The maximum atomic E-state index is 13.9. The van der Waals surface area contributed by atoms with E-state index in [9.17, 15) is 24.5 Å². The van der Waals surface area contributed by atoms with E-state index in [0.29, 0.717) is 16.8 Å². The van der Waals surface area contributed by atoms with Gasteiger partial charge >= 0.3 is 0 Å². The first kappa shape index (κ1) is 21.9. The fourth-order valence-corrected chi connectivity index (χ4v) is 5.87. The van der Waals surface area contributed by atoms with E-state index in [1.165, 1.54) is 18.2 Å². The van der Waals surface area contributed by atoms with Crippen LogP contribution in [0.15, 0.2) is 79.0 Å². The summed E-state index contributed by atoms with van der Waals surface area (Å²) in [6.07, 6.45) is 3.73. The molecule has 8 nitrogen and oxygen atoms in total. The number of aryl methyl sites for hydroxylation is 1. The number of ketones is 1. The Hall–Kier alpha value is -4.59. The van der Waals surface area contributed by atoms with Crippen LogP contribution in [0, 0.1) is 28.9 Å². The standard InChI is InChI=1S/C28H21N3O5/c1-16-15-19(31(35)36)11-12-21(16)30-27(33)22-23(28(30)34)25(26(32)18-8-3-2-4-9-18)29-14-13-17-7-5-6-10-20(17)24(22)29/h2-15,22-25H,1H3/t22-,23+,24+,25+/m0/s1. The molecule has 3 heterocycles. The predicted octanol–water partition coefficient (Wildman–Crippen LogP) is 4.30. The molecule has 0 aliphatic carbocycles. The van der Waals surface area contributed by atoms with E-state index >= 15 is 0 Å². The summed E-state index contributed by atoms with van der Waals surface area (Å²) in [5.41, 5.74) is 2.93. The summed E-state index contributed by atoms with van der Waals surface area (Å²) in [6.45, 7) is 1.63. The van der Waals surface area contributed by atoms with E-state index in [-0.39, 0.29) is 11.5 Å². The number of nitro benzene ring substituents is 1. The van der Waals surface area contributed by atoms with Gasteiger partial charge < -0.3 is 4.90 Å². The van der Waals surface area contributed by atoms with Gasteiger partial charge in [-0.25, -0.2) is 4.90 Å². The Labute approximate surface area is 206 Å². The first-order chi connectivity index (χ1) is 17.4. The lowest BCUT2D eigenvalue weighted by molar-refractivity contribution is -0.384. The molecule has 178 valence electrons. The molecule has 0 bridgehead atoms. The van der Waals surface area contributed by atoms with Crippen LogP contribution in [0.4, 0.5) is 11.4 Å². The first-order valence-corrected chi connectivity index (χ1v) is 11.6. The number of hydrogen-bond donors (Lipinski definition) is 0. The SMILES string of the molecule is Cc1cc([N+](=O)[O-])ccc1N1C(=O)[C@@H]2[C@H](C1=O)[C@H]1c3ccccc3C=CN1[C@H]2C(=O)c1ccccc1. The van der Waals surface area contributed by atoms with E-state index in [2.05, 4.69) is 0 Å². The zero-order valence-electron chi connectivity index (χ0n) is 19.3. The van der Waals surface area contributed by atoms with Crippen molar-refractivity contribution in [2.75, 3.05) is 4.90 Å². The summed E-state index contributed by atoms with van der Waals surface area (Å²) in [7, 11) is 0. The molecular weight excluding hydrogens is 458 g/mol. The molecule has 0 radical (unpaired) electrons. The number of nitrogens with zero attached hydrogens (tertiary/aromatic N) is 3. The third kappa shape index (κ3) is 3.04. The van der Waals surface area contributed by atoms with Crippen LogP contribution in [-0.2, 0) is 9.59 Å². The van der Waals surface area contributed by atoms with Crippen LogP contribution in [0.3, 0.4) is 0 Å². The van der Waals surface area contributed by atoms with Crippen LogP contribution in [0.1, 0.15) is 33.1 Å². The van der Waals surface area contributed by atoms with Crippen molar-refractivity contribution < 1.29 is 19.3 Å². The van der Waals surface area contributed by atoms with Crippen LogP contribution in [0.25, 0.3) is 6.08 Å². The van der Waals surface area contributed by atoms with Gasteiger partial charge in [-0.1, -0.05) is 54.6 Å². The predicted molar refractivity (Wildman–Crippen MR) is 132 cm³/mol. The highest BCUT2D eigenvalue weighted by molar-refractivity contribution is 6.25. The largest absolute Gasteiger partial charge is 0.358 e. The third-order valence-corrected chi connectivity index (χ3v) is 7.42. The number of benzene rings is 3. The van der Waals surface area contributed by atoms with E-state index in [1.807, 2.05) is 47.5 Å². The number of rotatable bonds is 4. The van der Waals surface area contributed by atoms with Crippen molar-refractivity contribution in [2.24, 2.45) is 11.8 Å². The Morgan fingerprint density at radius 1 is 0.917 bits per heavy atom. The second-order valence-corrected chi connectivity index (χ2v) is 9.30. The highest BCUT2D eigenvalue weighted by Crippen LogP contribution is 2.54. The molecule has 3 aromatic carbocycles. The molecule has 3 aliphatic rings. The summed E-state index contributed by atoms with van der Waals surface area (Å²) < 4.78 is 0. The lowest BCUT2D eigenvalue weighted by atomic mass is 9.83. The first-order valence-electron chi connectivity index (χ1n) is 11.6. The highest BCUT2D eigenvalue weighted by atomic mass is 16.6. The lowest BCUT2D eigenvalue weighted by Crippen LogP contribution is -2.44. The van der Waals surface area contributed by atoms with Gasteiger partial charge in [-0.05, 0) is 35.8 Å². The Bertz CT molecular complexity index is 1480. The molecule has 36 heavy (non-hydrogen) atoms. The Kier molecular flexibility index (Phi) is 4.86. The molecule has 3 aromatic rings. The number of Topliss-reactive ketones (excluding diaryl/α,β-unsaturated/α-hetero) is 1. The molecule has 0 N–H and O–H groups in total. The topological polar surface area (TPSA) is 101 Å². The molecule has 2 fully saturated rings. The summed E-state index contributed by atoms with van der Waals surface area (Å²) >= 11 is 0. The molecule has 2 amide bonds. The fraction of sp³-hybridized carbons (Fsp3) is 0.179.